The maximum atomic E-state index is 13.3. The molecule has 0 bridgehead atoms. The van der Waals surface area contributed by atoms with Crippen molar-refractivity contribution in [1.82, 2.24) is 4.98 Å². The molecule has 1 unspecified atom stereocenters. The van der Waals surface area contributed by atoms with Gasteiger partial charge in [-0.2, -0.15) is 13.2 Å². The maximum Gasteiger partial charge on any atom is 0.417 e. The van der Waals surface area contributed by atoms with E-state index in [2.05, 4.69) is 11.1 Å². The molecule has 174 valence electrons. The minimum absolute atomic E-state index is 0.211. The Hall–Kier alpha value is -2.74. The quantitative estimate of drug-likeness (QED) is 0.691. The van der Waals surface area contributed by atoms with Crippen LogP contribution in [0.25, 0.3) is 11.1 Å². The van der Waals surface area contributed by atoms with Gasteiger partial charge in [0, 0.05) is 35.5 Å². The summed E-state index contributed by atoms with van der Waals surface area (Å²) in [5.41, 5.74) is 8.42. The first kappa shape index (κ1) is 22.1. The summed E-state index contributed by atoms with van der Waals surface area (Å²) in [6, 6.07) is 5.20. The molecule has 1 aliphatic heterocycles. The molecular weight excluding hydrogens is 429 g/mol. The van der Waals surface area contributed by atoms with Crippen LogP contribution < -0.4 is 5.73 Å². The third kappa shape index (κ3) is 3.46. The van der Waals surface area contributed by atoms with Crippen molar-refractivity contribution in [2.24, 2.45) is 21.1 Å². The Bertz CT molecular complexity index is 1150. The number of aromatic nitrogens is 1. The summed E-state index contributed by atoms with van der Waals surface area (Å²) in [4.78, 5) is 13.6. The van der Waals surface area contributed by atoms with E-state index in [1.54, 1.807) is 6.21 Å². The molecule has 2 aliphatic carbocycles. The number of alkyl halides is 3. The molecule has 0 saturated heterocycles. The zero-order valence-electron chi connectivity index (χ0n) is 18.7. The maximum absolute atomic E-state index is 13.3. The number of rotatable bonds is 3. The van der Waals surface area contributed by atoms with Gasteiger partial charge < -0.3 is 10.5 Å². The lowest BCUT2D eigenvalue weighted by Crippen LogP contribution is -2.43. The summed E-state index contributed by atoms with van der Waals surface area (Å²) in [6.07, 6.45) is 4.22. The van der Waals surface area contributed by atoms with Crippen LogP contribution in [0.15, 0.2) is 40.6 Å². The first-order valence-corrected chi connectivity index (χ1v) is 11.4. The van der Waals surface area contributed by atoms with Crippen molar-refractivity contribution in [3.8, 4) is 11.1 Å². The van der Waals surface area contributed by atoms with Crippen LogP contribution in [0, 0.1) is 12.3 Å². The highest BCUT2D eigenvalue weighted by atomic mass is 19.4. The molecule has 2 N–H and O–H groups in total. The molecule has 1 fully saturated rings. The van der Waals surface area contributed by atoms with Crippen LogP contribution in [0.5, 0.6) is 0 Å². The molecule has 1 aromatic carbocycles. The molecule has 2 heterocycles. The number of fused-ring (bicyclic) bond motifs is 3. The fraction of sp³-hybridized carbons (Fsp3) is 0.480. The Balaban J connectivity index is 1.61. The lowest BCUT2D eigenvalue weighted by molar-refractivity contribution is -0.137. The number of pyridine rings is 1. The Labute approximate surface area is 191 Å². The van der Waals surface area contributed by atoms with Crippen LogP contribution in [0.3, 0.4) is 0 Å². The Morgan fingerprint density at radius 1 is 1.15 bits per heavy atom. The Morgan fingerprint density at radius 2 is 1.91 bits per heavy atom. The second-order valence-electron chi connectivity index (χ2n) is 9.36. The van der Waals surface area contributed by atoms with Crippen LogP contribution in [0.1, 0.15) is 54.9 Å². The summed E-state index contributed by atoms with van der Waals surface area (Å²) in [7, 11) is 0. The minimum atomic E-state index is -4.45. The van der Waals surface area contributed by atoms with Crippen LogP contribution in [-0.2, 0) is 23.0 Å². The van der Waals surface area contributed by atoms with Crippen LogP contribution in [0.4, 0.5) is 13.2 Å². The number of hydrogen-bond donors (Lipinski definition) is 1. The van der Waals surface area contributed by atoms with E-state index in [-0.39, 0.29) is 11.5 Å². The van der Waals surface area contributed by atoms with Crippen molar-refractivity contribution in [3.63, 3.8) is 0 Å². The van der Waals surface area contributed by atoms with Crippen LogP contribution in [0.2, 0.25) is 0 Å². The smallest absolute Gasteiger partial charge is 0.383 e. The molecule has 3 aliphatic rings. The van der Waals surface area contributed by atoms with E-state index < -0.39 is 17.4 Å². The average molecular weight is 457 g/mol. The Kier molecular flexibility index (Phi) is 5.12. The molecule has 1 saturated carbocycles. The van der Waals surface area contributed by atoms with Gasteiger partial charge in [-0.05, 0) is 74.8 Å². The van der Waals surface area contributed by atoms with Gasteiger partial charge in [-0.15, -0.1) is 0 Å². The van der Waals surface area contributed by atoms with Gasteiger partial charge >= 0.3 is 6.18 Å². The number of halogens is 3. The molecule has 1 aromatic heterocycles. The lowest BCUT2D eigenvalue weighted by atomic mass is 9.65. The van der Waals surface area contributed by atoms with E-state index in [0.29, 0.717) is 23.6 Å². The number of aliphatic imine (C=N–C) groups is 2. The highest BCUT2D eigenvalue weighted by Gasteiger charge is 2.60. The summed E-state index contributed by atoms with van der Waals surface area (Å²) in [5, 5.41) is 0. The van der Waals surface area contributed by atoms with Crippen LogP contribution >= 0.6 is 0 Å². The largest absolute Gasteiger partial charge is 0.417 e. The molecule has 2 spiro atoms. The number of aryl methyl sites for hydroxylation is 1. The Morgan fingerprint density at radius 3 is 2.55 bits per heavy atom. The van der Waals surface area contributed by atoms with E-state index in [0.717, 1.165) is 61.1 Å². The van der Waals surface area contributed by atoms with Crippen molar-refractivity contribution < 1.29 is 17.9 Å². The second-order valence-corrected chi connectivity index (χ2v) is 9.36. The molecule has 0 amide bonds. The van der Waals surface area contributed by atoms with Crippen molar-refractivity contribution in [2.45, 2.75) is 63.9 Å². The zero-order valence-corrected chi connectivity index (χ0v) is 18.7. The highest BCUT2D eigenvalue weighted by molar-refractivity contribution is 6.30. The molecule has 5 nitrogen and oxygen atoms in total. The lowest BCUT2D eigenvalue weighted by Gasteiger charge is -2.44. The van der Waals surface area contributed by atoms with Crippen molar-refractivity contribution in [2.75, 3.05) is 6.61 Å². The third-order valence-electron chi connectivity index (χ3n) is 7.44. The van der Waals surface area contributed by atoms with E-state index in [4.69, 9.17) is 20.5 Å². The van der Waals surface area contributed by atoms with Crippen LogP contribution in [-0.4, -0.2) is 29.7 Å². The number of hydrogen-bond acceptors (Lipinski definition) is 5. The molecule has 2 aromatic rings. The van der Waals surface area contributed by atoms with Crippen molar-refractivity contribution in [1.29, 1.82) is 0 Å². The SMILES string of the molecule is CCO[C@H]1CC[C@]2(CC1)Cc1cc(C)c(-c3cncc(C(F)(F)F)c3)cc1C21N=CC(N)=N1. The normalized spacial score (nSPS) is 28.5. The fourth-order valence-electron chi connectivity index (χ4n) is 5.93. The van der Waals surface area contributed by atoms with Crippen molar-refractivity contribution >= 4 is 12.1 Å². The molecular formula is C25H27F3N4O. The van der Waals surface area contributed by atoms with Gasteiger partial charge in [0.25, 0.3) is 0 Å². The van der Waals surface area contributed by atoms with Gasteiger partial charge in [-0.3, -0.25) is 9.98 Å². The predicted octanol–water partition coefficient (Wildman–Crippen LogP) is 5.19. The molecule has 0 radical (unpaired) electrons. The zero-order chi connectivity index (χ0) is 23.4. The monoisotopic (exact) mass is 456 g/mol. The number of benzene rings is 1. The van der Waals surface area contributed by atoms with E-state index in [1.807, 2.05) is 19.9 Å². The molecule has 1 atom stereocenters. The van der Waals surface area contributed by atoms with Gasteiger partial charge in [-0.1, -0.05) is 6.07 Å². The summed E-state index contributed by atoms with van der Waals surface area (Å²) in [6.45, 7) is 4.63. The molecule has 8 heteroatoms. The first-order valence-electron chi connectivity index (χ1n) is 11.4. The summed E-state index contributed by atoms with van der Waals surface area (Å²) < 4.78 is 45.8. The fourth-order valence-corrected chi connectivity index (χ4v) is 5.93. The first-order chi connectivity index (χ1) is 15.7. The van der Waals surface area contributed by atoms with E-state index in [9.17, 15) is 13.2 Å². The second kappa shape index (κ2) is 7.65. The predicted molar refractivity (Wildman–Crippen MR) is 121 cm³/mol. The standard InChI is InChI=1S/C25H27F3N4O/c1-3-33-19-4-6-23(7-5-19)11-16-8-15(2)20(10-21(16)24(23)31-14-22(29)32-24)17-9-18(13-30-12-17)25(26,27)28/h8-10,12-14,19H,3-7,11H2,1-2H3,(H2,29,32)/t19-,23-,24?. The topological polar surface area (TPSA) is 72.9 Å². The van der Waals surface area contributed by atoms with Gasteiger partial charge in [0.2, 0.25) is 0 Å². The van der Waals surface area contributed by atoms with E-state index in [1.165, 1.54) is 6.20 Å². The number of nitrogens with two attached hydrogens (primary N) is 1. The number of amidine groups is 1. The summed E-state index contributed by atoms with van der Waals surface area (Å²) in [5.74, 6) is 0.386. The van der Waals surface area contributed by atoms with Gasteiger partial charge in [0.15, 0.2) is 5.66 Å². The highest BCUT2D eigenvalue weighted by Crippen LogP contribution is 2.62. The van der Waals surface area contributed by atoms with Gasteiger partial charge in [0.05, 0.1) is 17.9 Å². The molecule has 33 heavy (non-hydrogen) atoms. The van der Waals surface area contributed by atoms with Gasteiger partial charge in [0.1, 0.15) is 5.84 Å². The van der Waals surface area contributed by atoms with E-state index >= 15 is 0 Å². The van der Waals surface area contributed by atoms with Gasteiger partial charge in [-0.25, -0.2) is 4.99 Å². The summed E-state index contributed by atoms with van der Waals surface area (Å²) >= 11 is 0. The minimum Gasteiger partial charge on any atom is -0.383 e. The average Bonchev–Trinajstić information content (AvgIpc) is 3.28. The number of nitrogens with zero attached hydrogens (tertiary/aromatic N) is 3. The third-order valence-corrected chi connectivity index (χ3v) is 7.44. The van der Waals surface area contributed by atoms with Crippen molar-refractivity contribution in [3.05, 3.63) is 52.8 Å². The molecule has 5 rings (SSSR count). The number of ether oxygens (including phenoxy) is 1.